The monoisotopic (exact) mass is 524 g/mol. The number of likely N-dealkylation sites (tertiary alicyclic amines) is 1. The zero-order valence-corrected chi connectivity index (χ0v) is 22.3. The number of rotatable bonds is 10. The molecule has 3 amide bonds. The van der Waals surface area contributed by atoms with Crippen LogP contribution < -0.4 is 11.1 Å². The van der Waals surface area contributed by atoms with Gasteiger partial charge in [-0.25, -0.2) is 9.59 Å². The van der Waals surface area contributed by atoms with Gasteiger partial charge in [-0.05, 0) is 55.7 Å². The van der Waals surface area contributed by atoms with Crippen molar-refractivity contribution in [3.63, 3.8) is 0 Å². The van der Waals surface area contributed by atoms with Crippen LogP contribution in [0.1, 0.15) is 43.8 Å². The molecule has 2 aliphatic heterocycles. The molecule has 10 heteroatoms. The van der Waals surface area contributed by atoms with Gasteiger partial charge in [0.1, 0.15) is 0 Å². The van der Waals surface area contributed by atoms with Gasteiger partial charge in [-0.3, -0.25) is 0 Å². The summed E-state index contributed by atoms with van der Waals surface area (Å²) in [5.74, 6) is 0.571. The van der Waals surface area contributed by atoms with E-state index in [0.29, 0.717) is 43.7 Å². The highest BCUT2D eigenvalue weighted by molar-refractivity contribution is 6.30. The first-order chi connectivity index (χ1) is 17.4. The lowest BCUT2D eigenvalue weighted by atomic mass is 9.88. The Morgan fingerprint density at radius 1 is 1.33 bits per heavy atom. The summed E-state index contributed by atoms with van der Waals surface area (Å²) in [5.41, 5.74) is 7.36. The van der Waals surface area contributed by atoms with Crippen molar-refractivity contribution >= 4 is 23.7 Å². The lowest BCUT2D eigenvalue weighted by molar-refractivity contribution is -0.0103. The van der Waals surface area contributed by atoms with Crippen LogP contribution in [0.15, 0.2) is 24.3 Å². The predicted octanol–water partition coefficient (Wildman–Crippen LogP) is 3.66. The van der Waals surface area contributed by atoms with E-state index in [4.69, 9.17) is 26.8 Å². The van der Waals surface area contributed by atoms with E-state index in [1.165, 1.54) is 7.11 Å². The van der Waals surface area contributed by atoms with Crippen LogP contribution in [0.25, 0.3) is 0 Å². The zero-order chi connectivity index (χ0) is 25.9. The van der Waals surface area contributed by atoms with E-state index in [1.54, 1.807) is 4.90 Å². The van der Waals surface area contributed by atoms with Crippen LogP contribution >= 0.6 is 11.6 Å². The fraction of sp³-hybridized carbons (Fsp3) is 0.692. The highest BCUT2D eigenvalue weighted by Gasteiger charge is 2.33. The SMILES string of the molecule is COC(=O)NCCO[C@@H](c1cccc(Cl)c1)[C@@H]1CCCN(C(=O)N(C)C[C@@H](N)C[C@H]2CCCOC2)C1. The first-order valence-corrected chi connectivity index (χ1v) is 13.3. The molecule has 2 heterocycles. The number of hydrogen-bond donors (Lipinski definition) is 2. The van der Waals surface area contributed by atoms with Crippen LogP contribution in [-0.4, -0.2) is 88.1 Å². The number of nitrogens with two attached hydrogens (primary N) is 1. The molecule has 36 heavy (non-hydrogen) atoms. The van der Waals surface area contributed by atoms with Crippen molar-refractivity contribution in [2.24, 2.45) is 17.6 Å². The molecule has 4 atom stereocenters. The number of ether oxygens (including phenoxy) is 3. The summed E-state index contributed by atoms with van der Waals surface area (Å²) in [6.45, 7) is 4.04. The van der Waals surface area contributed by atoms with Gasteiger partial charge >= 0.3 is 12.1 Å². The number of methoxy groups -OCH3 is 1. The summed E-state index contributed by atoms with van der Waals surface area (Å²) in [6, 6.07) is 7.55. The number of nitrogens with zero attached hydrogens (tertiary/aromatic N) is 2. The molecule has 2 aliphatic rings. The molecule has 2 saturated heterocycles. The van der Waals surface area contributed by atoms with E-state index in [1.807, 2.05) is 36.2 Å². The van der Waals surface area contributed by atoms with Gasteiger partial charge in [-0.15, -0.1) is 0 Å². The van der Waals surface area contributed by atoms with E-state index in [-0.39, 0.29) is 24.1 Å². The molecule has 0 spiro atoms. The summed E-state index contributed by atoms with van der Waals surface area (Å²) < 4.78 is 16.4. The van der Waals surface area contributed by atoms with E-state index >= 15 is 0 Å². The first-order valence-electron chi connectivity index (χ1n) is 12.9. The van der Waals surface area contributed by atoms with Crippen molar-refractivity contribution in [1.29, 1.82) is 0 Å². The second-order valence-electron chi connectivity index (χ2n) is 9.86. The lowest BCUT2D eigenvalue weighted by Crippen LogP contribution is -2.50. The highest BCUT2D eigenvalue weighted by atomic mass is 35.5. The van der Waals surface area contributed by atoms with Gasteiger partial charge in [-0.2, -0.15) is 0 Å². The van der Waals surface area contributed by atoms with Crippen LogP contribution in [0.2, 0.25) is 5.02 Å². The van der Waals surface area contributed by atoms with Crippen LogP contribution in [-0.2, 0) is 14.2 Å². The minimum absolute atomic E-state index is 0.00718. The average molecular weight is 525 g/mol. The fourth-order valence-corrected chi connectivity index (χ4v) is 5.40. The summed E-state index contributed by atoms with van der Waals surface area (Å²) in [4.78, 5) is 28.3. The number of amides is 3. The molecule has 3 rings (SSSR count). The Labute approximate surface area is 219 Å². The maximum Gasteiger partial charge on any atom is 0.406 e. The van der Waals surface area contributed by atoms with Crippen molar-refractivity contribution in [1.82, 2.24) is 15.1 Å². The van der Waals surface area contributed by atoms with Crippen molar-refractivity contribution < 1.29 is 23.8 Å². The minimum Gasteiger partial charge on any atom is -0.453 e. The molecule has 0 radical (unpaired) electrons. The number of carbonyl (C=O) groups is 2. The third kappa shape index (κ3) is 8.80. The molecule has 0 bridgehead atoms. The number of piperidine rings is 1. The quantitative estimate of drug-likeness (QED) is 0.452. The molecular formula is C26H41ClN4O5. The second-order valence-corrected chi connectivity index (χ2v) is 10.3. The number of halogens is 1. The molecular weight excluding hydrogens is 484 g/mol. The predicted molar refractivity (Wildman–Crippen MR) is 139 cm³/mol. The molecule has 9 nitrogen and oxygen atoms in total. The molecule has 0 aromatic heterocycles. The molecule has 0 saturated carbocycles. The second kappa shape index (κ2) is 14.6. The van der Waals surface area contributed by atoms with Crippen molar-refractivity contribution in [2.45, 2.75) is 44.2 Å². The van der Waals surface area contributed by atoms with E-state index in [2.05, 4.69) is 10.1 Å². The summed E-state index contributed by atoms with van der Waals surface area (Å²) in [6.07, 6.45) is 4.15. The van der Waals surface area contributed by atoms with Crippen molar-refractivity contribution in [2.75, 3.05) is 60.2 Å². The van der Waals surface area contributed by atoms with Crippen LogP contribution in [0.5, 0.6) is 0 Å². The molecule has 202 valence electrons. The highest BCUT2D eigenvalue weighted by Crippen LogP contribution is 2.34. The topological polar surface area (TPSA) is 106 Å². The van der Waals surface area contributed by atoms with Crippen LogP contribution in [0.3, 0.4) is 0 Å². The van der Waals surface area contributed by atoms with E-state index in [0.717, 1.165) is 50.9 Å². The Kier molecular flexibility index (Phi) is 11.6. The lowest BCUT2D eigenvalue weighted by Gasteiger charge is -2.39. The van der Waals surface area contributed by atoms with Gasteiger partial charge in [0.05, 0.1) is 19.8 Å². The fourth-order valence-electron chi connectivity index (χ4n) is 5.20. The Balaban J connectivity index is 1.58. The summed E-state index contributed by atoms with van der Waals surface area (Å²) in [5, 5.41) is 3.27. The summed E-state index contributed by atoms with van der Waals surface area (Å²) >= 11 is 6.27. The third-order valence-corrected chi connectivity index (χ3v) is 7.15. The van der Waals surface area contributed by atoms with Crippen LogP contribution in [0, 0.1) is 11.8 Å². The number of hydrogen-bond acceptors (Lipinski definition) is 6. The molecule has 3 N–H and O–H groups in total. The largest absolute Gasteiger partial charge is 0.453 e. The van der Waals surface area contributed by atoms with Gasteiger partial charge in [0.25, 0.3) is 0 Å². The zero-order valence-electron chi connectivity index (χ0n) is 21.5. The molecule has 1 aromatic rings. The molecule has 0 unspecified atom stereocenters. The number of carbonyl (C=O) groups excluding carboxylic acids is 2. The maximum absolute atomic E-state index is 13.3. The molecule has 0 aliphatic carbocycles. The van der Waals surface area contributed by atoms with Gasteiger partial charge in [0.2, 0.25) is 0 Å². The first kappa shape index (κ1) is 28.5. The number of nitrogens with one attached hydrogen (secondary N) is 1. The maximum atomic E-state index is 13.3. The third-order valence-electron chi connectivity index (χ3n) is 6.91. The smallest absolute Gasteiger partial charge is 0.406 e. The minimum atomic E-state index is -0.496. The molecule has 1 aromatic carbocycles. The number of likely N-dealkylation sites (N-methyl/N-ethyl adjacent to an activating group) is 1. The Hall–Kier alpha value is -2.07. The summed E-state index contributed by atoms with van der Waals surface area (Å²) in [7, 11) is 3.15. The Morgan fingerprint density at radius 3 is 2.89 bits per heavy atom. The number of urea groups is 1. The van der Waals surface area contributed by atoms with E-state index < -0.39 is 6.09 Å². The molecule has 2 fully saturated rings. The number of benzene rings is 1. The normalized spacial score (nSPS) is 21.9. The Morgan fingerprint density at radius 2 is 2.17 bits per heavy atom. The van der Waals surface area contributed by atoms with Crippen molar-refractivity contribution in [3.8, 4) is 0 Å². The van der Waals surface area contributed by atoms with E-state index in [9.17, 15) is 9.59 Å². The van der Waals surface area contributed by atoms with Crippen molar-refractivity contribution in [3.05, 3.63) is 34.9 Å². The average Bonchev–Trinajstić information content (AvgIpc) is 2.88. The standard InChI is InChI=1S/C26H41ClN4O5/c1-30(17-23(28)14-19-6-5-12-35-18-19)26(33)31-11-4-8-21(16-31)24(20-7-3-9-22(27)15-20)36-13-10-29-25(32)34-2/h3,7,9,15,19,21,23-24H,4-6,8,10-14,16-18,28H2,1-2H3,(H,29,32)/t19-,21-,23+,24+/m1/s1. The van der Waals surface area contributed by atoms with Gasteiger partial charge in [0.15, 0.2) is 0 Å². The van der Waals surface area contributed by atoms with Gasteiger partial charge in [0, 0.05) is 63.4 Å². The number of alkyl carbamates (subject to hydrolysis) is 1. The van der Waals surface area contributed by atoms with Gasteiger partial charge < -0.3 is 35.1 Å². The van der Waals surface area contributed by atoms with Gasteiger partial charge in [-0.1, -0.05) is 23.7 Å². The van der Waals surface area contributed by atoms with Crippen LogP contribution in [0.4, 0.5) is 9.59 Å². The Bertz CT molecular complexity index is 838.